The Hall–Kier alpha value is -0.120. The van der Waals surface area contributed by atoms with Gasteiger partial charge in [-0.3, -0.25) is 4.90 Å². The highest BCUT2D eigenvalue weighted by molar-refractivity contribution is 5.07. The van der Waals surface area contributed by atoms with Crippen LogP contribution in [0, 0.1) is 17.3 Å². The van der Waals surface area contributed by atoms with Crippen molar-refractivity contribution in [2.24, 2.45) is 17.3 Å². The average molecular weight is 282 g/mol. The molecule has 1 heterocycles. The number of hydrogen-bond donors (Lipinski definition) is 1. The summed E-state index contributed by atoms with van der Waals surface area (Å²) in [6.07, 6.45) is 1.62. The zero-order valence-corrected chi connectivity index (χ0v) is 14.4. The first-order valence-corrected chi connectivity index (χ1v) is 8.31. The highest BCUT2D eigenvalue weighted by Crippen LogP contribution is 2.47. The summed E-state index contributed by atoms with van der Waals surface area (Å²) < 4.78 is 5.65. The Morgan fingerprint density at radius 3 is 2.25 bits per heavy atom. The van der Waals surface area contributed by atoms with E-state index in [9.17, 15) is 0 Å². The molecule has 118 valence electrons. The molecule has 1 aliphatic heterocycles. The fourth-order valence-corrected chi connectivity index (χ4v) is 4.07. The molecule has 0 aromatic heterocycles. The Kier molecular flexibility index (Phi) is 4.83. The molecule has 3 nitrogen and oxygen atoms in total. The number of nitrogens with one attached hydrogen (secondary N) is 1. The SMILES string of the molecule is COC1CC(N2CC(C(C)C)NCC2C(C)C)C1(C)C. The Balaban J connectivity index is 2.12. The minimum absolute atomic E-state index is 0.279. The summed E-state index contributed by atoms with van der Waals surface area (Å²) in [5.74, 6) is 1.40. The van der Waals surface area contributed by atoms with Crippen molar-refractivity contribution in [1.82, 2.24) is 10.2 Å². The van der Waals surface area contributed by atoms with Gasteiger partial charge in [0.15, 0.2) is 0 Å². The first-order chi connectivity index (χ1) is 9.28. The molecule has 0 spiro atoms. The minimum atomic E-state index is 0.279. The Bertz CT molecular complexity index is 327. The monoisotopic (exact) mass is 282 g/mol. The maximum absolute atomic E-state index is 5.65. The van der Waals surface area contributed by atoms with Gasteiger partial charge in [-0.15, -0.1) is 0 Å². The topological polar surface area (TPSA) is 24.5 Å². The Morgan fingerprint density at radius 2 is 1.80 bits per heavy atom. The molecule has 0 bridgehead atoms. The van der Waals surface area contributed by atoms with E-state index in [0.717, 1.165) is 6.54 Å². The minimum Gasteiger partial charge on any atom is -0.381 e. The van der Waals surface area contributed by atoms with E-state index >= 15 is 0 Å². The fourth-order valence-electron chi connectivity index (χ4n) is 4.07. The summed E-state index contributed by atoms with van der Waals surface area (Å²) in [7, 11) is 1.86. The van der Waals surface area contributed by atoms with E-state index in [2.05, 4.69) is 51.8 Å². The van der Waals surface area contributed by atoms with Crippen molar-refractivity contribution in [2.45, 2.75) is 72.2 Å². The average Bonchev–Trinajstić information content (AvgIpc) is 2.37. The van der Waals surface area contributed by atoms with Gasteiger partial charge in [0.05, 0.1) is 6.10 Å². The summed E-state index contributed by atoms with van der Waals surface area (Å²) in [6, 6.07) is 1.96. The Morgan fingerprint density at radius 1 is 1.15 bits per heavy atom. The molecule has 0 aromatic rings. The highest BCUT2D eigenvalue weighted by Gasteiger charge is 2.53. The zero-order chi connectivity index (χ0) is 15.1. The third kappa shape index (κ3) is 2.77. The molecule has 1 N–H and O–H groups in total. The van der Waals surface area contributed by atoms with Crippen LogP contribution in [0.25, 0.3) is 0 Å². The molecular weight excluding hydrogens is 248 g/mol. The van der Waals surface area contributed by atoms with Gasteiger partial charge in [0.1, 0.15) is 0 Å². The van der Waals surface area contributed by atoms with E-state index in [1.165, 1.54) is 13.0 Å². The van der Waals surface area contributed by atoms with Crippen molar-refractivity contribution >= 4 is 0 Å². The van der Waals surface area contributed by atoms with E-state index in [-0.39, 0.29) is 5.41 Å². The highest BCUT2D eigenvalue weighted by atomic mass is 16.5. The molecule has 1 saturated carbocycles. The van der Waals surface area contributed by atoms with Crippen LogP contribution in [0.1, 0.15) is 48.0 Å². The number of hydrogen-bond acceptors (Lipinski definition) is 3. The number of nitrogens with zero attached hydrogens (tertiary/aromatic N) is 1. The number of ether oxygens (including phenoxy) is 1. The van der Waals surface area contributed by atoms with Crippen LogP contribution in [0.3, 0.4) is 0 Å². The van der Waals surface area contributed by atoms with Gasteiger partial charge < -0.3 is 10.1 Å². The van der Waals surface area contributed by atoms with Gasteiger partial charge in [0.25, 0.3) is 0 Å². The van der Waals surface area contributed by atoms with E-state index in [1.54, 1.807) is 0 Å². The van der Waals surface area contributed by atoms with Crippen molar-refractivity contribution in [2.75, 3.05) is 20.2 Å². The summed E-state index contributed by atoms with van der Waals surface area (Å²) >= 11 is 0. The molecule has 2 fully saturated rings. The second-order valence-corrected chi connectivity index (χ2v) is 8.06. The van der Waals surface area contributed by atoms with Gasteiger partial charge in [-0.05, 0) is 18.3 Å². The van der Waals surface area contributed by atoms with Crippen molar-refractivity contribution in [3.8, 4) is 0 Å². The Labute approximate surface area is 125 Å². The molecule has 0 radical (unpaired) electrons. The van der Waals surface area contributed by atoms with E-state index in [1.807, 2.05) is 7.11 Å². The van der Waals surface area contributed by atoms with E-state index in [0.29, 0.717) is 36.1 Å². The summed E-state index contributed by atoms with van der Waals surface area (Å²) in [5, 5.41) is 3.76. The standard InChI is InChI=1S/C17H34N2O/c1-11(2)13-10-19(14(9-18-13)12(3)4)15-8-16(20-7)17(15,5)6/h11-16,18H,8-10H2,1-7H3. The molecule has 1 saturated heterocycles. The molecule has 4 atom stereocenters. The van der Waals surface area contributed by atoms with Crippen LogP contribution < -0.4 is 5.32 Å². The van der Waals surface area contributed by atoms with Crippen molar-refractivity contribution in [3.05, 3.63) is 0 Å². The third-order valence-electron chi connectivity index (χ3n) is 5.81. The summed E-state index contributed by atoms with van der Waals surface area (Å²) in [5.41, 5.74) is 0.279. The summed E-state index contributed by atoms with van der Waals surface area (Å²) in [6.45, 7) is 16.4. The predicted octanol–water partition coefficient (Wildman–Crippen LogP) is 2.75. The van der Waals surface area contributed by atoms with Crippen molar-refractivity contribution in [3.63, 3.8) is 0 Å². The third-order valence-corrected chi connectivity index (χ3v) is 5.81. The van der Waals surface area contributed by atoms with Gasteiger partial charge in [0.2, 0.25) is 0 Å². The van der Waals surface area contributed by atoms with Gasteiger partial charge in [-0.2, -0.15) is 0 Å². The first-order valence-electron chi connectivity index (χ1n) is 8.31. The normalized spacial score (nSPS) is 38.2. The van der Waals surface area contributed by atoms with E-state index in [4.69, 9.17) is 4.74 Å². The number of rotatable bonds is 4. The molecule has 0 amide bonds. The molecule has 0 aromatic carbocycles. The molecule has 2 rings (SSSR count). The van der Waals surface area contributed by atoms with Gasteiger partial charge in [-0.1, -0.05) is 41.5 Å². The van der Waals surface area contributed by atoms with Crippen molar-refractivity contribution in [1.29, 1.82) is 0 Å². The van der Waals surface area contributed by atoms with Crippen LogP contribution in [0.4, 0.5) is 0 Å². The van der Waals surface area contributed by atoms with Crippen LogP contribution in [0.2, 0.25) is 0 Å². The molecule has 1 aliphatic carbocycles. The second-order valence-electron chi connectivity index (χ2n) is 8.06. The maximum atomic E-state index is 5.65. The molecule has 20 heavy (non-hydrogen) atoms. The molecule has 3 heteroatoms. The van der Waals surface area contributed by atoms with Gasteiger partial charge >= 0.3 is 0 Å². The number of methoxy groups -OCH3 is 1. The first kappa shape index (κ1) is 16.3. The fraction of sp³-hybridized carbons (Fsp3) is 1.00. The smallest absolute Gasteiger partial charge is 0.0652 e. The van der Waals surface area contributed by atoms with Gasteiger partial charge in [-0.25, -0.2) is 0 Å². The van der Waals surface area contributed by atoms with E-state index < -0.39 is 0 Å². The number of piperazine rings is 1. The largest absolute Gasteiger partial charge is 0.381 e. The lowest BCUT2D eigenvalue weighted by Crippen LogP contribution is -2.70. The van der Waals surface area contributed by atoms with Crippen LogP contribution >= 0.6 is 0 Å². The van der Waals surface area contributed by atoms with Crippen LogP contribution in [-0.4, -0.2) is 49.3 Å². The maximum Gasteiger partial charge on any atom is 0.0652 e. The zero-order valence-electron chi connectivity index (χ0n) is 14.4. The van der Waals surface area contributed by atoms with Crippen molar-refractivity contribution < 1.29 is 4.74 Å². The second kappa shape index (κ2) is 5.94. The van der Waals surface area contributed by atoms with Crippen LogP contribution in [-0.2, 0) is 4.74 Å². The predicted molar refractivity (Wildman–Crippen MR) is 84.9 cm³/mol. The molecule has 4 unspecified atom stereocenters. The lowest BCUT2D eigenvalue weighted by atomic mass is 9.63. The molecular formula is C17H34N2O. The summed E-state index contributed by atoms with van der Waals surface area (Å²) in [4.78, 5) is 2.79. The van der Waals surface area contributed by atoms with Crippen LogP contribution in [0.5, 0.6) is 0 Å². The van der Waals surface area contributed by atoms with Gasteiger partial charge in [0, 0.05) is 43.7 Å². The molecule has 2 aliphatic rings. The van der Waals surface area contributed by atoms with Crippen LogP contribution in [0.15, 0.2) is 0 Å². The lowest BCUT2D eigenvalue weighted by Gasteiger charge is -2.60. The quantitative estimate of drug-likeness (QED) is 0.858. The lowest BCUT2D eigenvalue weighted by molar-refractivity contribution is -0.157.